The highest BCUT2D eigenvalue weighted by Gasteiger charge is 2.37. The molecule has 2 aliphatic rings. The molecule has 1 aromatic carbocycles. The van der Waals surface area contributed by atoms with E-state index in [1.165, 1.54) is 12.1 Å². The zero-order valence-electron chi connectivity index (χ0n) is 18.2. The number of nitrogens with zero attached hydrogens (tertiary/aromatic N) is 2. The molecule has 2 saturated heterocycles. The van der Waals surface area contributed by atoms with Crippen molar-refractivity contribution in [1.29, 1.82) is 0 Å². The number of hydrogen-bond donors (Lipinski definition) is 1. The van der Waals surface area contributed by atoms with Crippen molar-refractivity contribution in [3.05, 3.63) is 52.1 Å². The SMILES string of the molecule is Cc1cc(C(=O)O)ccc1-c1ccc(C=C2SC(=O)N(CC(=O)N3CCCCCC3)C2=O)o1. The molecule has 3 heterocycles. The van der Waals surface area contributed by atoms with E-state index in [1.807, 2.05) is 0 Å². The lowest BCUT2D eigenvalue weighted by Gasteiger charge is -2.22. The van der Waals surface area contributed by atoms with Crippen molar-refractivity contribution in [3.8, 4) is 11.3 Å². The summed E-state index contributed by atoms with van der Waals surface area (Å²) in [5.41, 5.74) is 1.66. The van der Waals surface area contributed by atoms with Crippen molar-refractivity contribution >= 4 is 40.9 Å². The summed E-state index contributed by atoms with van der Waals surface area (Å²) < 4.78 is 5.83. The number of furan rings is 1. The summed E-state index contributed by atoms with van der Waals surface area (Å²) in [4.78, 5) is 51.9. The van der Waals surface area contributed by atoms with E-state index in [-0.39, 0.29) is 22.9 Å². The van der Waals surface area contributed by atoms with Crippen molar-refractivity contribution in [2.75, 3.05) is 19.6 Å². The largest absolute Gasteiger partial charge is 0.478 e. The molecule has 2 aliphatic heterocycles. The fraction of sp³-hybridized carbons (Fsp3) is 0.333. The number of benzene rings is 1. The number of carbonyl (C=O) groups excluding carboxylic acids is 3. The van der Waals surface area contributed by atoms with Crippen molar-refractivity contribution in [2.24, 2.45) is 0 Å². The third-order valence-corrected chi connectivity index (χ3v) is 6.67. The lowest BCUT2D eigenvalue weighted by Crippen LogP contribution is -2.42. The summed E-state index contributed by atoms with van der Waals surface area (Å²) in [5, 5.41) is 8.65. The summed E-state index contributed by atoms with van der Waals surface area (Å²) in [6.45, 7) is 2.86. The molecule has 0 spiro atoms. The molecule has 0 atom stereocenters. The standard InChI is InChI=1S/C24H24N2O6S/c1-15-12-16(23(29)30)6-8-18(15)19-9-7-17(32-19)13-20-22(28)26(24(31)33-20)14-21(27)25-10-4-2-3-5-11-25/h6-9,12-13H,2-5,10-11,14H2,1H3,(H,29,30). The number of amides is 3. The lowest BCUT2D eigenvalue weighted by atomic mass is 10.0. The van der Waals surface area contributed by atoms with E-state index in [2.05, 4.69) is 0 Å². The number of carboxylic acid groups (broad SMARTS) is 1. The first-order chi connectivity index (χ1) is 15.8. The van der Waals surface area contributed by atoms with Gasteiger partial charge in [-0.2, -0.15) is 0 Å². The van der Waals surface area contributed by atoms with Gasteiger partial charge in [0.1, 0.15) is 18.1 Å². The molecule has 1 N–H and O–H groups in total. The van der Waals surface area contributed by atoms with Crippen LogP contribution in [0.4, 0.5) is 4.79 Å². The van der Waals surface area contributed by atoms with Gasteiger partial charge in [-0.05, 0) is 61.4 Å². The molecule has 172 valence electrons. The number of aromatic carboxylic acids is 1. The second-order valence-electron chi connectivity index (χ2n) is 8.10. The van der Waals surface area contributed by atoms with Crippen LogP contribution in [0.15, 0.2) is 39.7 Å². The Morgan fingerprint density at radius 1 is 1.09 bits per heavy atom. The quantitative estimate of drug-likeness (QED) is 0.648. The minimum Gasteiger partial charge on any atom is -0.478 e. The third-order valence-electron chi connectivity index (χ3n) is 5.76. The van der Waals surface area contributed by atoms with Crippen molar-refractivity contribution in [2.45, 2.75) is 32.6 Å². The van der Waals surface area contributed by atoms with E-state index < -0.39 is 17.1 Å². The van der Waals surface area contributed by atoms with Crippen LogP contribution < -0.4 is 0 Å². The van der Waals surface area contributed by atoms with Gasteiger partial charge in [-0.15, -0.1) is 0 Å². The highest BCUT2D eigenvalue weighted by atomic mass is 32.2. The van der Waals surface area contributed by atoms with E-state index in [9.17, 15) is 19.2 Å². The Kier molecular flexibility index (Phi) is 6.69. The average Bonchev–Trinajstić information content (AvgIpc) is 3.20. The number of carbonyl (C=O) groups is 4. The first-order valence-corrected chi connectivity index (χ1v) is 11.6. The predicted octanol–water partition coefficient (Wildman–Crippen LogP) is 4.39. The second kappa shape index (κ2) is 9.66. The van der Waals surface area contributed by atoms with Gasteiger partial charge in [-0.1, -0.05) is 18.9 Å². The predicted molar refractivity (Wildman–Crippen MR) is 124 cm³/mol. The van der Waals surface area contributed by atoms with E-state index in [0.717, 1.165) is 53.5 Å². The Labute approximate surface area is 195 Å². The Bertz CT molecular complexity index is 1140. The van der Waals surface area contributed by atoms with E-state index in [1.54, 1.807) is 36.1 Å². The van der Waals surface area contributed by atoms with Gasteiger partial charge in [0.25, 0.3) is 11.1 Å². The van der Waals surface area contributed by atoms with Crippen LogP contribution in [-0.2, 0) is 9.59 Å². The van der Waals surface area contributed by atoms with Crippen LogP contribution in [0.3, 0.4) is 0 Å². The molecule has 8 nitrogen and oxygen atoms in total. The smallest absolute Gasteiger partial charge is 0.335 e. The van der Waals surface area contributed by atoms with Crippen LogP contribution in [0.25, 0.3) is 17.4 Å². The van der Waals surface area contributed by atoms with Crippen molar-refractivity contribution in [3.63, 3.8) is 0 Å². The number of likely N-dealkylation sites (tertiary alicyclic amines) is 1. The number of rotatable bonds is 5. The molecule has 0 unspecified atom stereocenters. The molecule has 3 amide bonds. The maximum Gasteiger partial charge on any atom is 0.335 e. The average molecular weight is 469 g/mol. The number of imide groups is 1. The van der Waals surface area contributed by atoms with E-state index in [4.69, 9.17) is 9.52 Å². The zero-order chi connectivity index (χ0) is 23.5. The molecule has 9 heteroatoms. The summed E-state index contributed by atoms with van der Waals surface area (Å²) in [5.74, 6) is -0.814. The van der Waals surface area contributed by atoms with Crippen LogP contribution in [0.2, 0.25) is 0 Å². The van der Waals surface area contributed by atoms with Gasteiger partial charge in [0, 0.05) is 24.7 Å². The normalized spacial score (nSPS) is 18.2. The van der Waals surface area contributed by atoms with Gasteiger partial charge in [0.05, 0.1) is 10.5 Å². The first-order valence-electron chi connectivity index (χ1n) is 10.8. The maximum atomic E-state index is 12.8. The number of hydrogen-bond acceptors (Lipinski definition) is 6. The molecule has 0 bridgehead atoms. The summed E-state index contributed by atoms with van der Waals surface area (Å²) in [6, 6.07) is 8.13. The van der Waals surface area contributed by atoms with Gasteiger partial charge in [-0.3, -0.25) is 19.3 Å². The monoisotopic (exact) mass is 468 g/mol. The summed E-state index contributed by atoms with van der Waals surface area (Å²) in [6.07, 6.45) is 5.54. The Morgan fingerprint density at radius 2 is 1.82 bits per heavy atom. The molecule has 1 aromatic heterocycles. The molecular weight excluding hydrogens is 444 g/mol. The highest BCUT2D eigenvalue weighted by Crippen LogP contribution is 2.34. The second-order valence-corrected chi connectivity index (χ2v) is 9.09. The number of thioether (sulfide) groups is 1. The molecule has 0 saturated carbocycles. The fourth-order valence-electron chi connectivity index (χ4n) is 3.97. The maximum absolute atomic E-state index is 12.8. The molecule has 0 radical (unpaired) electrons. The van der Waals surface area contributed by atoms with E-state index >= 15 is 0 Å². The van der Waals surface area contributed by atoms with Crippen LogP contribution in [0, 0.1) is 6.92 Å². The first kappa shape index (κ1) is 22.8. The number of carboxylic acids is 1. The summed E-state index contributed by atoms with van der Waals surface area (Å²) in [7, 11) is 0. The highest BCUT2D eigenvalue weighted by molar-refractivity contribution is 8.18. The van der Waals surface area contributed by atoms with Gasteiger partial charge < -0.3 is 14.4 Å². The van der Waals surface area contributed by atoms with Crippen LogP contribution in [0.1, 0.15) is 47.4 Å². The molecule has 33 heavy (non-hydrogen) atoms. The Balaban J connectivity index is 1.47. The molecule has 2 aromatic rings. The summed E-state index contributed by atoms with van der Waals surface area (Å²) >= 11 is 0.785. The third kappa shape index (κ3) is 5.03. The molecule has 2 fully saturated rings. The van der Waals surface area contributed by atoms with Crippen molar-refractivity contribution in [1.82, 2.24) is 9.80 Å². The van der Waals surface area contributed by atoms with Gasteiger partial charge in [0.15, 0.2) is 0 Å². The van der Waals surface area contributed by atoms with Crippen LogP contribution >= 0.6 is 11.8 Å². The van der Waals surface area contributed by atoms with Crippen LogP contribution in [-0.4, -0.2) is 57.6 Å². The minimum absolute atomic E-state index is 0.187. The van der Waals surface area contributed by atoms with Crippen LogP contribution in [0.5, 0.6) is 0 Å². The van der Waals surface area contributed by atoms with Gasteiger partial charge in [-0.25, -0.2) is 4.79 Å². The Morgan fingerprint density at radius 3 is 2.48 bits per heavy atom. The lowest BCUT2D eigenvalue weighted by molar-refractivity contribution is -0.135. The number of aryl methyl sites for hydroxylation is 1. The zero-order valence-corrected chi connectivity index (χ0v) is 19.0. The topological polar surface area (TPSA) is 108 Å². The van der Waals surface area contributed by atoms with Crippen molar-refractivity contribution < 1.29 is 28.7 Å². The Hall–Kier alpha value is -3.33. The van der Waals surface area contributed by atoms with Gasteiger partial charge in [0.2, 0.25) is 5.91 Å². The van der Waals surface area contributed by atoms with Gasteiger partial charge >= 0.3 is 5.97 Å². The fourth-order valence-corrected chi connectivity index (χ4v) is 4.79. The van der Waals surface area contributed by atoms with E-state index in [0.29, 0.717) is 24.6 Å². The minimum atomic E-state index is -1.00. The molecular formula is C24H24N2O6S. The molecule has 4 rings (SSSR count). The molecule has 0 aliphatic carbocycles.